The van der Waals surface area contributed by atoms with Gasteiger partial charge in [-0.2, -0.15) is 13.2 Å². The summed E-state index contributed by atoms with van der Waals surface area (Å²) in [6.45, 7) is 8.03. The van der Waals surface area contributed by atoms with Gasteiger partial charge in [-0.25, -0.2) is 9.18 Å². The van der Waals surface area contributed by atoms with E-state index in [0.717, 1.165) is 0 Å². The molecule has 0 radical (unpaired) electrons. The number of ether oxygens (including phenoxy) is 1. The molecule has 0 bridgehead atoms. The van der Waals surface area contributed by atoms with Crippen LogP contribution in [0.1, 0.15) is 58.6 Å². The predicted octanol–water partition coefficient (Wildman–Crippen LogP) is 3.35. The van der Waals surface area contributed by atoms with Gasteiger partial charge in [-0.05, 0) is 58.2 Å². The number of aliphatic carboxylic acids is 1. The van der Waals surface area contributed by atoms with Gasteiger partial charge in [0.2, 0.25) is 11.8 Å². The maximum Gasteiger partial charge on any atom is 0.490 e. The highest BCUT2D eigenvalue weighted by Crippen LogP contribution is 2.43. The van der Waals surface area contributed by atoms with Gasteiger partial charge in [-0.1, -0.05) is 0 Å². The molecule has 1 aliphatic carbocycles. The highest BCUT2D eigenvalue weighted by Gasteiger charge is 2.47. The van der Waals surface area contributed by atoms with Gasteiger partial charge in [-0.3, -0.25) is 19.9 Å². The van der Waals surface area contributed by atoms with E-state index < -0.39 is 23.3 Å². The third kappa shape index (κ3) is 7.10. The van der Waals surface area contributed by atoms with Crippen molar-refractivity contribution in [2.45, 2.75) is 70.3 Å². The third-order valence-electron chi connectivity index (χ3n) is 6.29. The minimum atomic E-state index is -5.08. The van der Waals surface area contributed by atoms with E-state index in [2.05, 4.69) is 10.6 Å². The lowest BCUT2D eigenvalue weighted by Gasteiger charge is -2.38. The Morgan fingerprint density at radius 1 is 1.27 bits per heavy atom. The first kappa shape index (κ1) is 28.2. The average Bonchev–Trinajstić information content (AvgIpc) is 3.49. The summed E-state index contributed by atoms with van der Waals surface area (Å²) < 4.78 is 51.5. The number of carboxylic acid groups (broad SMARTS) is 1. The summed E-state index contributed by atoms with van der Waals surface area (Å²) in [6, 6.07) is 4.05. The predicted molar refractivity (Wildman–Crippen MR) is 123 cm³/mol. The molecule has 2 aliphatic heterocycles. The number of fused-ring (bicyclic) bond motifs is 1. The van der Waals surface area contributed by atoms with Crippen molar-refractivity contribution in [1.82, 2.24) is 15.5 Å². The lowest BCUT2D eigenvalue weighted by atomic mass is 9.89. The summed E-state index contributed by atoms with van der Waals surface area (Å²) in [5.41, 5.74) is -0.248. The van der Waals surface area contributed by atoms with Crippen LogP contribution in [0, 0.1) is 23.1 Å². The maximum atomic E-state index is 13.8. The molecule has 2 heterocycles. The molecule has 1 saturated heterocycles. The zero-order chi connectivity index (χ0) is 27.9. The molecule has 2 amide bonds. The van der Waals surface area contributed by atoms with E-state index in [9.17, 15) is 27.2 Å². The molecular formula is C24H30F4N4O5. The summed E-state index contributed by atoms with van der Waals surface area (Å²) in [7, 11) is 0. The van der Waals surface area contributed by atoms with E-state index in [1.165, 1.54) is 17.0 Å². The van der Waals surface area contributed by atoms with Crippen LogP contribution in [0.2, 0.25) is 0 Å². The van der Waals surface area contributed by atoms with Gasteiger partial charge in [0.1, 0.15) is 17.2 Å². The second-order valence-corrected chi connectivity index (χ2v) is 10.8. The molecule has 0 spiro atoms. The van der Waals surface area contributed by atoms with E-state index in [0.29, 0.717) is 37.1 Å². The fourth-order valence-electron chi connectivity index (χ4n) is 4.46. The average molecular weight is 531 g/mol. The molecule has 2 fully saturated rings. The van der Waals surface area contributed by atoms with Gasteiger partial charge in [0, 0.05) is 36.4 Å². The van der Waals surface area contributed by atoms with Gasteiger partial charge in [0.25, 0.3) is 0 Å². The number of hydrogen-bond acceptors (Lipinski definition) is 5. The van der Waals surface area contributed by atoms with Gasteiger partial charge < -0.3 is 20.5 Å². The summed E-state index contributed by atoms with van der Waals surface area (Å²) in [5.74, 6) is -2.80. The molecule has 3 aliphatic rings. The van der Waals surface area contributed by atoms with Crippen LogP contribution < -0.4 is 15.4 Å². The smallest absolute Gasteiger partial charge is 0.487 e. The van der Waals surface area contributed by atoms with Crippen LogP contribution in [-0.4, -0.2) is 57.6 Å². The van der Waals surface area contributed by atoms with Gasteiger partial charge in [0.05, 0.1) is 6.04 Å². The molecule has 37 heavy (non-hydrogen) atoms. The van der Waals surface area contributed by atoms with Crippen molar-refractivity contribution < 1.29 is 41.8 Å². The zero-order valence-electron chi connectivity index (χ0n) is 20.8. The van der Waals surface area contributed by atoms with E-state index in [1.54, 1.807) is 6.07 Å². The SMILES string of the molecule is CC1(C)CC(=O)N(C[C@@H]2C[C@H]2C(=O)NC2CC(C)(C)Oc3ccc(F)cc32)C(=N)N1.O=C(O)C(F)(F)F. The molecule has 13 heteroatoms. The van der Waals surface area contributed by atoms with Crippen molar-refractivity contribution in [3.63, 3.8) is 0 Å². The minimum Gasteiger partial charge on any atom is -0.487 e. The second kappa shape index (κ2) is 9.82. The first-order valence-electron chi connectivity index (χ1n) is 11.6. The fourth-order valence-corrected chi connectivity index (χ4v) is 4.46. The zero-order valence-corrected chi connectivity index (χ0v) is 20.8. The molecule has 1 saturated carbocycles. The Balaban J connectivity index is 0.000000479. The number of guanidine groups is 1. The van der Waals surface area contributed by atoms with Crippen molar-refractivity contribution >= 4 is 23.7 Å². The lowest BCUT2D eigenvalue weighted by Crippen LogP contribution is -2.60. The van der Waals surface area contributed by atoms with Crippen LogP contribution >= 0.6 is 0 Å². The third-order valence-corrected chi connectivity index (χ3v) is 6.29. The standard InChI is InChI=1S/C22H29FN4O3.C2HF3O2/c1-21(2)10-18(28)27(20(24)26-21)11-12-7-14(12)19(29)25-16-9-22(3,4)30-17-6-5-13(23)8-15(16)17;3-2(4,5)1(6)7/h5-6,8,12,14,16H,7,9-11H2,1-4H3,(H2,24,26)(H,25,29);(H,6,7)/t12-,14+,16?;/m0./s1. The molecule has 9 nitrogen and oxygen atoms in total. The quantitative estimate of drug-likeness (QED) is 0.442. The number of halogens is 4. The Bertz CT molecular complexity index is 1090. The van der Waals surface area contributed by atoms with Crippen molar-refractivity contribution in [1.29, 1.82) is 5.41 Å². The van der Waals surface area contributed by atoms with E-state index in [1.807, 2.05) is 27.7 Å². The summed E-state index contributed by atoms with van der Waals surface area (Å²) in [6.07, 6.45) is -3.55. The van der Waals surface area contributed by atoms with Crippen LogP contribution in [0.25, 0.3) is 0 Å². The highest BCUT2D eigenvalue weighted by atomic mass is 19.4. The highest BCUT2D eigenvalue weighted by molar-refractivity contribution is 5.99. The molecule has 4 N–H and O–H groups in total. The topological polar surface area (TPSA) is 132 Å². The number of carbonyl (C=O) groups is 3. The summed E-state index contributed by atoms with van der Waals surface area (Å²) in [4.78, 5) is 35.6. The van der Waals surface area contributed by atoms with Gasteiger partial charge in [0.15, 0.2) is 5.96 Å². The van der Waals surface area contributed by atoms with Crippen LogP contribution in [0.3, 0.4) is 0 Å². The molecule has 1 aromatic carbocycles. The van der Waals surface area contributed by atoms with E-state index in [4.69, 9.17) is 20.0 Å². The molecule has 4 rings (SSSR count). The number of benzene rings is 1. The number of rotatable bonds is 4. The second-order valence-electron chi connectivity index (χ2n) is 10.8. The first-order chi connectivity index (χ1) is 16.9. The van der Waals surface area contributed by atoms with Crippen LogP contribution in [0.4, 0.5) is 17.6 Å². The van der Waals surface area contributed by atoms with Gasteiger partial charge in [-0.15, -0.1) is 0 Å². The van der Waals surface area contributed by atoms with Crippen molar-refractivity contribution in [2.75, 3.05) is 6.54 Å². The number of nitrogens with zero attached hydrogens (tertiary/aromatic N) is 1. The van der Waals surface area contributed by atoms with Crippen molar-refractivity contribution in [3.8, 4) is 5.75 Å². The molecule has 1 unspecified atom stereocenters. The Kier molecular flexibility index (Phi) is 7.49. The number of alkyl halides is 3. The monoisotopic (exact) mass is 530 g/mol. The summed E-state index contributed by atoms with van der Waals surface area (Å²) >= 11 is 0. The van der Waals surface area contributed by atoms with E-state index >= 15 is 0 Å². The first-order valence-corrected chi connectivity index (χ1v) is 11.6. The van der Waals surface area contributed by atoms with Crippen LogP contribution in [0.15, 0.2) is 18.2 Å². The molecule has 1 aromatic rings. The number of nitrogens with one attached hydrogen (secondary N) is 3. The lowest BCUT2D eigenvalue weighted by molar-refractivity contribution is -0.192. The summed E-state index contributed by atoms with van der Waals surface area (Å²) in [5, 5.41) is 21.4. The Morgan fingerprint density at radius 3 is 2.46 bits per heavy atom. The Hall–Kier alpha value is -3.38. The fraction of sp³-hybridized carbons (Fsp3) is 0.583. The number of hydrogen-bond donors (Lipinski definition) is 4. The number of carboxylic acids is 1. The number of carbonyl (C=O) groups excluding carboxylic acids is 2. The van der Waals surface area contributed by atoms with Gasteiger partial charge >= 0.3 is 12.1 Å². The minimum absolute atomic E-state index is 0.0251. The largest absolute Gasteiger partial charge is 0.490 e. The van der Waals surface area contributed by atoms with Crippen molar-refractivity contribution in [2.24, 2.45) is 11.8 Å². The number of amides is 2. The van der Waals surface area contributed by atoms with Crippen molar-refractivity contribution in [3.05, 3.63) is 29.6 Å². The molecule has 0 aromatic heterocycles. The Morgan fingerprint density at radius 2 is 1.89 bits per heavy atom. The van der Waals surface area contributed by atoms with E-state index in [-0.39, 0.29) is 41.5 Å². The normalized spacial score (nSPS) is 25.5. The van der Waals surface area contributed by atoms with Crippen LogP contribution in [0.5, 0.6) is 5.75 Å². The van der Waals surface area contributed by atoms with Crippen LogP contribution in [-0.2, 0) is 14.4 Å². The maximum absolute atomic E-state index is 13.8. The molecule has 204 valence electrons. The Labute approximate surface area is 211 Å². The molecule has 3 atom stereocenters. The molecular weight excluding hydrogens is 500 g/mol.